The highest BCUT2D eigenvalue weighted by Gasteiger charge is 2.16. The first-order valence-corrected chi connectivity index (χ1v) is 13.9. The van der Waals surface area contributed by atoms with Gasteiger partial charge < -0.3 is 19.1 Å². The van der Waals surface area contributed by atoms with Gasteiger partial charge in [-0.3, -0.25) is 0 Å². The van der Waals surface area contributed by atoms with Gasteiger partial charge in [0.2, 0.25) is 0 Å². The molecule has 0 unspecified atom stereocenters. The molecule has 5 rings (SSSR count). The third-order valence-corrected chi connectivity index (χ3v) is 7.31. The molecule has 0 atom stereocenters. The van der Waals surface area contributed by atoms with Crippen molar-refractivity contribution in [3.8, 4) is 22.4 Å². The third-order valence-electron chi connectivity index (χ3n) is 7.31. The van der Waals surface area contributed by atoms with Gasteiger partial charge in [0.1, 0.15) is 5.82 Å². The van der Waals surface area contributed by atoms with Crippen molar-refractivity contribution in [2.75, 3.05) is 20.6 Å². The van der Waals surface area contributed by atoms with E-state index in [-0.39, 0.29) is 24.8 Å². The van der Waals surface area contributed by atoms with Crippen LogP contribution in [0.25, 0.3) is 33.4 Å². The Morgan fingerprint density at radius 2 is 1.74 bits per heavy atom. The van der Waals surface area contributed by atoms with Crippen LogP contribution in [-0.2, 0) is 19.5 Å². The number of halogens is 2. The third kappa shape index (κ3) is 7.21. The van der Waals surface area contributed by atoms with Crippen LogP contribution in [0.4, 0.5) is 0 Å². The maximum absolute atomic E-state index is 11.7. The number of rotatable bonds is 11. The number of hydrogen-bond donors (Lipinski definition) is 1. The Balaban J connectivity index is 0.00000242. The number of imidazole rings is 2. The minimum Gasteiger partial charge on any atom is -0.478 e. The number of nitrogens with zero attached hydrogens (tertiary/aromatic N) is 5. The molecular weight excluding hydrogens is 569 g/mol. The number of hydrogen-bond acceptors (Lipinski definition) is 4. The molecule has 0 aliphatic carbocycles. The molecule has 2 heterocycles. The normalized spacial score (nSPS) is 11.0. The highest BCUT2D eigenvalue weighted by Crippen LogP contribution is 2.29. The molecule has 0 saturated carbocycles. The van der Waals surface area contributed by atoms with E-state index in [2.05, 4.69) is 72.4 Å². The average Bonchev–Trinajstić information content (AvgIpc) is 3.55. The van der Waals surface area contributed by atoms with Crippen molar-refractivity contribution in [1.29, 1.82) is 0 Å². The zero-order valence-corrected chi connectivity index (χ0v) is 26.2. The molecule has 3 aromatic carbocycles. The topological polar surface area (TPSA) is 76.2 Å². The van der Waals surface area contributed by atoms with Gasteiger partial charge in [-0.25, -0.2) is 14.8 Å². The average molecular weight is 609 g/mol. The van der Waals surface area contributed by atoms with E-state index in [1.165, 1.54) is 0 Å². The van der Waals surface area contributed by atoms with Crippen LogP contribution < -0.4 is 0 Å². The van der Waals surface area contributed by atoms with E-state index in [9.17, 15) is 9.90 Å². The van der Waals surface area contributed by atoms with E-state index >= 15 is 0 Å². The lowest BCUT2D eigenvalue weighted by Gasteiger charge is -2.12. The molecular formula is C33H39Cl2N5O2. The molecule has 0 radical (unpaired) electrons. The van der Waals surface area contributed by atoms with Gasteiger partial charge in [0, 0.05) is 31.3 Å². The van der Waals surface area contributed by atoms with Gasteiger partial charge in [0.15, 0.2) is 0 Å². The Hall–Kier alpha value is -3.65. The van der Waals surface area contributed by atoms with Gasteiger partial charge in [0.25, 0.3) is 0 Å². The number of carbonyl (C=O) groups is 1. The number of aromatic nitrogens is 4. The minimum atomic E-state index is -0.918. The molecule has 1 N–H and O–H groups in total. The van der Waals surface area contributed by atoms with Gasteiger partial charge in [-0.15, -0.1) is 24.8 Å². The van der Waals surface area contributed by atoms with Crippen LogP contribution in [0.15, 0.2) is 73.2 Å². The quantitative estimate of drug-likeness (QED) is 0.170. The van der Waals surface area contributed by atoms with E-state index in [0.29, 0.717) is 12.1 Å². The predicted octanol–water partition coefficient (Wildman–Crippen LogP) is 7.37. The fourth-order valence-electron chi connectivity index (χ4n) is 5.27. The van der Waals surface area contributed by atoms with Gasteiger partial charge in [-0.1, -0.05) is 49.4 Å². The molecule has 2 aromatic heterocycles. The second kappa shape index (κ2) is 14.5. The van der Waals surface area contributed by atoms with Gasteiger partial charge in [0.05, 0.1) is 28.6 Å². The van der Waals surface area contributed by atoms with Crippen molar-refractivity contribution in [2.24, 2.45) is 0 Å². The van der Waals surface area contributed by atoms with Gasteiger partial charge in [-0.2, -0.15) is 0 Å². The molecule has 222 valence electrons. The molecule has 0 aliphatic heterocycles. The number of carboxylic acids is 1. The van der Waals surface area contributed by atoms with E-state index in [1.54, 1.807) is 12.1 Å². The van der Waals surface area contributed by atoms with Crippen molar-refractivity contribution in [2.45, 2.75) is 46.2 Å². The second-order valence-electron chi connectivity index (χ2n) is 10.7. The predicted molar refractivity (Wildman–Crippen MR) is 175 cm³/mol. The van der Waals surface area contributed by atoms with Crippen LogP contribution >= 0.6 is 24.8 Å². The summed E-state index contributed by atoms with van der Waals surface area (Å²) < 4.78 is 4.49. The first-order chi connectivity index (χ1) is 19.3. The largest absolute Gasteiger partial charge is 0.478 e. The number of benzene rings is 3. The second-order valence-corrected chi connectivity index (χ2v) is 10.7. The van der Waals surface area contributed by atoms with Crippen LogP contribution in [0.2, 0.25) is 0 Å². The number of aryl methyl sites for hydroxylation is 3. The monoisotopic (exact) mass is 607 g/mol. The highest BCUT2D eigenvalue weighted by molar-refractivity contribution is 5.96. The van der Waals surface area contributed by atoms with Crippen molar-refractivity contribution in [3.63, 3.8) is 0 Å². The van der Waals surface area contributed by atoms with Crippen LogP contribution in [0.3, 0.4) is 0 Å². The lowest BCUT2D eigenvalue weighted by molar-refractivity contribution is 0.0697. The van der Waals surface area contributed by atoms with Crippen LogP contribution in [0, 0.1) is 6.92 Å². The molecule has 42 heavy (non-hydrogen) atoms. The lowest BCUT2D eigenvalue weighted by atomic mass is 9.98. The summed E-state index contributed by atoms with van der Waals surface area (Å²) in [6.07, 6.45) is 7.05. The first kappa shape index (κ1) is 32.9. The Bertz CT molecular complexity index is 1640. The Labute approximate surface area is 260 Å². The Kier molecular flexibility index (Phi) is 11.3. The maximum Gasteiger partial charge on any atom is 0.336 e. The summed E-state index contributed by atoms with van der Waals surface area (Å²) in [4.78, 5) is 23.7. The zero-order valence-electron chi connectivity index (χ0n) is 24.6. The fourth-order valence-corrected chi connectivity index (χ4v) is 5.27. The first-order valence-electron chi connectivity index (χ1n) is 13.9. The van der Waals surface area contributed by atoms with Crippen molar-refractivity contribution < 1.29 is 9.90 Å². The summed E-state index contributed by atoms with van der Waals surface area (Å²) in [6, 6.07) is 19.7. The summed E-state index contributed by atoms with van der Waals surface area (Å²) in [5.74, 6) is 0.158. The zero-order chi connectivity index (χ0) is 28.2. The summed E-state index contributed by atoms with van der Waals surface area (Å²) in [5, 5.41) is 9.60. The maximum atomic E-state index is 11.7. The highest BCUT2D eigenvalue weighted by atomic mass is 35.5. The molecule has 0 fully saturated rings. The van der Waals surface area contributed by atoms with E-state index in [0.717, 1.165) is 82.7 Å². The molecule has 0 amide bonds. The summed E-state index contributed by atoms with van der Waals surface area (Å²) in [5.41, 5.74) is 8.43. The van der Waals surface area contributed by atoms with Crippen LogP contribution in [0.5, 0.6) is 0 Å². The van der Waals surface area contributed by atoms with Gasteiger partial charge >= 0.3 is 5.97 Å². The number of aromatic carboxylic acids is 1. The van der Waals surface area contributed by atoms with Crippen molar-refractivity contribution >= 4 is 41.8 Å². The summed E-state index contributed by atoms with van der Waals surface area (Å²) in [6.45, 7) is 6.98. The Morgan fingerprint density at radius 1 is 1.00 bits per heavy atom. The summed E-state index contributed by atoms with van der Waals surface area (Å²) >= 11 is 0. The smallest absolute Gasteiger partial charge is 0.336 e. The van der Waals surface area contributed by atoms with Crippen molar-refractivity contribution in [3.05, 3.63) is 95.7 Å². The van der Waals surface area contributed by atoms with E-state index < -0.39 is 5.97 Å². The molecule has 0 spiro atoms. The van der Waals surface area contributed by atoms with Crippen LogP contribution in [0.1, 0.15) is 47.1 Å². The number of fused-ring (bicyclic) bond motifs is 1. The summed E-state index contributed by atoms with van der Waals surface area (Å²) in [7, 11) is 4.19. The van der Waals surface area contributed by atoms with Gasteiger partial charge in [-0.05, 0) is 80.9 Å². The van der Waals surface area contributed by atoms with Crippen molar-refractivity contribution in [1.82, 2.24) is 24.0 Å². The van der Waals surface area contributed by atoms with E-state index in [1.807, 2.05) is 30.6 Å². The molecule has 0 bridgehead atoms. The molecule has 0 saturated heterocycles. The minimum absolute atomic E-state index is 0. The number of carboxylic acid groups (broad SMARTS) is 1. The standard InChI is InChI=1S/C33H37N5O2.2ClH/c1-5-9-31-35-32-23(2)18-26(29-21-37(22-34-29)17-8-16-36(3)4)19-30(32)38(31)20-24-12-14-25(15-13-24)27-10-6-7-11-28(27)33(39)40;;/h6-7,10-15,18-19,21-22H,5,8-9,16-17,20H2,1-4H3,(H,39,40);2*1H. The SMILES string of the molecule is CCCc1nc2c(C)cc(-c3cn(CCCN(C)C)cn3)cc2n1Cc1ccc(-c2ccccc2C(=O)O)cc1.Cl.Cl. The fraction of sp³-hybridized carbons (Fsp3) is 0.303. The molecule has 0 aliphatic rings. The molecule has 5 aromatic rings. The Morgan fingerprint density at radius 3 is 2.43 bits per heavy atom. The lowest BCUT2D eigenvalue weighted by Crippen LogP contribution is -2.14. The van der Waals surface area contributed by atoms with Crippen LogP contribution in [-0.4, -0.2) is 55.7 Å². The molecule has 7 nitrogen and oxygen atoms in total. The van der Waals surface area contributed by atoms with E-state index in [4.69, 9.17) is 9.97 Å². The molecule has 9 heteroatoms.